The van der Waals surface area contributed by atoms with E-state index in [0.29, 0.717) is 5.56 Å². The van der Waals surface area contributed by atoms with Crippen LogP contribution in [0.3, 0.4) is 0 Å². The van der Waals surface area contributed by atoms with Crippen molar-refractivity contribution in [2.45, 2.75) is 6.92 Å². The van der Waals surface area contributed by atoms with Crippen LogP contribution < -0.4 is 0 Å². The van der Waals surface area contributed by atoms with Gasteiger partial charge >= 0.3 is 0 Å². The molecule has 0 radical (unpaired) electrons. The topological polar surface area (TPSA) is 17.1 Å². The maximum absolute atomic E-state index is 13.5. The van der Waals surface area contributed by atoms with E-state index in [9.17, 15) is 13.6 Å². The molecule has 0 fully saturated rings. The van der Waals surface area contributed by atoms with E-state index in [1.165, 1.54) is 0 Å². The van der Waals surface area contributed by atoms with Gasteiger partial charge in [0.1, 0.15) is 11.6 Å². The van der Waals surface area contributed by atoms with Crippen molar-refractivity contribution in [1.29, 1.82) is 0 Å². The van der Waals surface area contributed by atoms with Gasteiger partial charge in [0, 0.05) is 10.0 Å². The average Bonchev–Trinajstić information content (AvgIpc) is 2.30. The van der Waals surface area contributed by atoms with Crippen LogP contribution in [0.4, 0.5) is 8.78 Å². The first-order valence-electron chi connectivity index (χ1n) is 5.24. The molecule has 2 aromatic rings. The Morgan fingerprint density at radius 2 is 1.83 bits per heavy atom. The van der Waals surface area contributed by atoms with Crippen molar-refractivity contribution in [3.05, 3.63) is 69.2 Å². The van der Waals surface area contributed by atoms with Crippen LogP contribution in [-0.2, 0) is 0 Å². The lowest BCUT2D eigenvalue weighted by Crippen LogP contribution is -2.05. The molecule has 0 aromatic heterocycles. The molecular formula is C14H9BrF2O. The summed E-state index contributed by atoms with van der Waals surface area (Å²) in [6.07, 6.45) is 0. The quantitative estimate of drug-likeness (QED) is 0.757. The Kier molecular flexibility index (Phi) is 3.57. The highest BCUT2D eigenvalue weighted by atomic mass is 79.9. The summed E-state index contributed by atoms with van der Waals surface area (Å²) in [5.41, 5.74) is 0.934. The average molecular weight is 311 g/mol. The largest absolute Gasteiger partial charge is 0.288 e. The second-order valence-corrected chi connectivity index (χ2v) is 4.89. The molecule has 0 saturated carbocycles. The van der Waals surface area contributed by atoms with Gasteiger partial charge in [-0.1, -0.05) is 15.9 Å². The van der Waals surface area contributed by atoms with Gasteiger partial charge in [0.25, 0.3) is 0 Å². The second-order valence-electron chi connectivity index (χ2n) is 3.97. The molecule has 0 amide bonds. The van der Waals surface area contributed by atoms with Gasteiger partial charge in [-0.15, -0.1) is 0 Å². The summed E-state index contributed by atoms with van der Waals surface area (Å²) in [7, 11) is 0. The number of carbonyl (C=O) groups excluding carboxylic acids is 1. The standard InChI is InChI=1S/C14H9BrF2O/c1-8-4-9(6-10(15)5-8)14(18)12-7-11(16)2-3-13(12)17/h2-7H,1H3. The van der Waals surface area contributed by atoms with Crippen LogP contribution in [0.15, 0.2) is 40.9 Å². The van der Waals surface area contributed by atoms with Gasteiger partial charge in [-0.05, 0) is 48.9 Å². The van der Waals surface area contributed by atoms with Crippen molar-refractivity contribution in [3.8, 4) is 0 Å². The second kappa shape index (κ2) is 4.98. The number of halogens is 3. The van der Waals surface area contributed by atoms with Gasteiger partial charge in [-0.25, -0.2) is 8.78 Å². The van der Waals surface area contributed by atoms with E-state index in [0.717, 1.165) is 28.2 Å². The third-order valence-corrected chi connectivity index (χ3v) is 2.94. The molecule has 0 N–H and O–H groups in total. The fourth-order valence-corrected chi connectivity index (χ4v) is 2.30. The molecule has 0 saturated heterocycles. The Bertz CT molecular complexity index is 603. The Hall–Kier alpha value is -1.55. The minimum absolute atomic E-state index is 0.257. The van der Waals surface area contributed by atoms with Crippen LogP contribution in [0, 0.1) is 18.6 Å². The number of rotatable bonds is 2. The highest BCUT2D eigenvalue weighted by molar-refractivity contribution is 9.10. The summed E-state index contributed by atoms with van der Waals surface area (Å²) in [4.78, 5) is 12.1. The summed E-state index contributed by atoms with van der Waals surface area (Å²) in [6, 6.07) is 7.90. The van der Waals surface area contributed by atoms with Crippen molar-refractivity contribution < 1.29 is 13.6 Å². The summed E-state index contributed by atoms with van der Waals surface area (Å²) >= 11 is 3.27. The molecule has 0 bridgehead atoms. The number of benzene rings is 2. The lowest BCUT2D eigenvalue weighted by Gasteiger charge is -2.05. The molecule has 0 atom stereocenters. The Morgan fingerprint density at radius 3 is 2.50 bits per heavy atom. The molecule has 0 heterocycles. The zero-order chi connectivity index (χ0) is 13.3. The summed E-state index contributed by atoms with van der Waals surface area (Å²) in [5.74, 6) is -1.89. The van der Waals surface area contributed by atoms with Crippen LogP contribution >= 0.6 is 15.9 Å². The molecule has 2 rings (SSSR count). The third-order valence-electron chi connectivity index (χ3n) is 2.48. The molecule has 2 aromatic carbocycles. The summed E-state index contributed by atoms with van der Waals surface area (Å²) in [5, 5.41) is 0. The molecule has 4 heteroatoms. The zero-order valence-corrected chi connectivity index (χ0v) is 11.1. The predicted molar refractivity (Wildman–Crippen MR) is 68.7 cm³/mol. The molecule has 92 valence electrons. The first-order chi connectivity index (χ1) is 8.47. The molecule has 1 nitrogen and oxygen atoms in total. The number of aryl methyl sites for hydroxylation is 1. The highest BCUT2D eigenvalue weighted by Crippen LogP contribution is 2.20. The van der Waals surface area contributed by atoms with Crippen LogP contribution in [-0.4, -0.2) is 5.78 Å². The summed E-state index contributed by atoms with van der Waals surface area (Å²) < 4.78 is 27.3. The number of hydrogen-bond donors (Lipinski definition) is 0. The van der Waals surface area contributed by atoms with E-state index in [-0.39, 0.29) is 5.56 Å². The minimum atomic E-state index is -0.723. The van der Waals surface area contributed by atoms with Gasteiger partial charge < -0.3 is 0 Å². The lowest BCUT2D eigenvalue weighted by molar-refractivity contribution is 0.103. The van der Waals surface area contributed by atoms with Crippen molar-refractivity contribution in [1.82, 2.24) is 0 Å². The van der Waals surface area contributed by atoms with Gasteiger partial charge in [0.2, 0.25) is 0 Å². The highest BCUT2D eigenvalue weighted by Gasteiger charge is 2.15. The number of ketones is 1. The number of carbonyl (C=O) groups is 1. The normalized spacial score (nSPS) is 10.4. The van der Waals surface area contributed by atoms with Crippen molar-refractivity contribution in [2.24, 2.45) is 0 Å². The maximum atomic E-state index is 13.5. The van der Waals surface area contributed by atoms with Crippen LogP contribution in [0.2, 0.25) is 0 Å². The SMILES string of the molecule is Cc1cc(Br)cc(C(=O)c2cc(F)ccc2F)c1. The van der Waals surface area contributed by atoms with Crippen LogP contribution in [0.25, 0.3) is 0 Å². The third kappa shape index (κ3) is 2.64. The zero-order valence-electron chi connectivity index (χ0n) is 9.51. The fraction of sp³-hybridized carbons (Fsp3) is 0.0714. The van der Waals surface area contributed by atoms with Gasteiger partial charge in [-0.3, -0.25) is 4.79 Å². The molecule has 0 aliphatic carbocycles. The Labute approximate surface area is 112 Å². The van der Waals surface area contributed by atoms with E-state index >= 15 is 0 Å². The van der Waals surface area contributed by atoms with Gasteiger partial charge in [-0.2, -0.15) is 0 Å². The van der Waals surface area contributed by atoms with E-state index < -0.39 is 17.4 Å². The monoisotopic (exact) mass is 310 g/mol. The van der Waals surface area contributed by atoms with Crippen LogP contribution in [0.1, 0.15) is 21.5 Å². The first kappa shape index (κ1) is 12.9. The van der Waals surface area contributed by atoms with Crippen molar-refractivity contribution in [2.75, 3.05) is 0 Å². The molecule has 0 unspecified atom stereocenters. The van der Waals surface area contributed by atoms with Gasteiger partial charge in [0.15, 0.2) is 5.78 Å². The van der Waals surface area contributed by atoms with E-state index in [4.69, 9.17) is 0 Å². The molecule has 0 aliphatic rings. The van der Waals surface area contributed by atoms with E-state index in [2.05, 4.69) is 15.9 Å². The molecule has 0 aliphatic heterocycles. The van der Waals surface area contributed by atoms with Gasteiger partial charge in [0.05, 0.1) is 5.56 Å². The molecule has 0 spiro atoms. The fourth-order valence-electron chi connectivity index (χ4n) is 1.69. The molecular weight excluding hydrogens is 302 g/mol. The predicted octanol–water partition coefficient (Wildman–Crippen LogP) is 4.27. The van der Waals surface area contributed by atoms with Crippen LogP contribution in [0.5, 0.6) is 0 Å². The smallest absolute Gasteiger partial charge is 0.196 e. The molecule has 18 heavy (non-hydrogen) atoms. The minimum Gasteiger partial charge on any atom is -0.288 e. The van der Waals surface area contributed by atoms with E-state index in [1.807, 2.05) is 13.0 Å². The van der Waals surface area contributed by atoms with Crippen molar-refractivity contribution in [3.63, 3.8) is 0 Å². The lowest BCUT2D eigenvalue weighted by atomic mass is 10.0. The van der Waals surface area contributed by atoms with Crippen molar-refractivity contribution >= 4 is 21.7 Å². The Morgan fingerprint density at radius 1 is 1.11 bits per heavy atom. The first-order valence-corrected chi connectivity index (χ1v) is 6.03. The maximum Gasteiger partial charge on any atom is 0.196 e. The van der Waals surface area contributed by atoms with E-state index in [1.54, 1.807) is 12.1 Å². The Balaban J connectivity index is 2.51. The summed E-state index contributed by atoms with van der Waals surface area (Å²) in [6.45, 7) is 1.82. The number of hydrogen-bond acceptors (Lipinski definition) is 1.